The van der Waals surface area contributed by atoms with Gasteiger partial charge in [0.15, 0.2) is 12.1 Å². The maximum Gasteiger partial charge on any atom is 0.179 e. The summed E-state index contributed by atoms with van der Waals surface area (Å²) in [7, 11) is 0. The highest BCUT2D eigenvalue weighted by molar-refractivity contribution is 5.69. The first-order chi connectivity index (χ1) is 5.11. The van der Waals surface area contributed by atoms with E-state index in [0.717, 1.165) is 6.20 Å². The Balaban J connectivity index is 4.14. The van der Waals surface area contributed by atoms with Gasteiger partial charge >= 0.3 is 0 Å². The second-order valence-electron chi connectivity index (χ2n) is 1.80. The number of carbonyl (C=O) groups is 1. The Hall–Kier alpha value is -0.860. The van der Waals surface area contributed by atoms with E-state index < -0.39 is 12.1 Å². The Morgan fingerprint density at radius 3 is 2.50 bits per heavy atom. The van der Waals surface area contributed by atoms with Gasteiger partial charge in [-0.05, 0) is 13.8 Å². The molecule has 0 heterocycles. The molecular weight excluding hydrogens is 133 g/mol. The summed E-state index contributed by atoms with van der Waals surface area (Å²) in [5.41, 5.74) is 0. The minimum Gasteiger partial charge on any atom is -0.375 e. The molecule has 0 aliphatic heterocycles. The van der Waals surface area contributed by atoms with Crippen molar-refractivity contribution in [3.8, 4) is 0 Å². The first-order valence-electron chi connectivity index (χ1n) is 3.74. The van der Waals surface area contributed by atoms with Gasteiger partial charge in [0.25, 0.3) is 0 Å². The summed E-state index contributed by atoms with van der Waals surface area (Å²) < 4.78 is 18.9. The van der Waals surface area contributed by atoms with Crippen LogP contribution >= 0.6 is 0 Å². The summed E-state index contributed by atoms with van der Waals surface area (Å²) in [6, 6.07) is 0. The Morgan fingerprint density at radius 2 is 2.20 bits per heavy atom. The number of carbonyl (C=O) groups excluding carboxylic acids is 1. The van der Waals surface area contributed by atoms with E-state index in [1.54, 1.807) is 4.90 Å². The van der Waals surface area contributed by atoms with Crippen molar-refractivity contribution in [1.82, 2.24) is 4.90 Å². The molecular formula is C7H12FNO. The first kappa shape index (κ1) is 7.25. The SMILES string of the molecule is [2H]C(=O)C(F)=CN(CC)CC. The van der Waals surface area contributed by atoms with Crippen LogP contribution in [-0.4, -0.2) is 24.3 Å². The minimum atomic E-state index is -1.27. The second-order valence-corrected chi connectivity index (χ2v) is 1.80. The van der Waals surface area contributed by atoms with Crippen molar-refractivity contribution in [2.24, 2.45) is 0 Å². The Morgan fingerprint density at radius 1 is 1.70 bits per heavy atom. The van der Waals surface area contributed by atoms with Crippen molar-refractivity contribution >= 4 is 6.26 Å². The van der Waals surface area contributed by atoms with Gasteiger partial charge in [-0.15, -0.1) is 0 Å². The van der Waals surface area contributed by atoms with E-state index in [-0.39, 0.29) is 0 Å². The number of aldehydes is 1. The van der Waals surface area contributed by atoms with Crippen LogP contribution in [0.5, 0.6) is 0 Å². The van der Waals surface area contributed by atoms with Gasteiger partial charge in [0.2, 0.25) is 0 Å². The predicted octanol–water partition coefficient (Wildman–Crippen LogP) is 1.34. The number of rotatable bonds is 4. The van der Waals surface area contributed by atoms with E-state index in [1.165, 1.54) is 0 Å². The van der Waals surface area contributed by atoms with Crippen LogP contribution in [0.3, 0.4) is 0 Å². The molecule has 0 bridgehead atoms. The first-order valence-corrected chi connectivity index (χ1v) is 3.24. The normalized spacial score (nSPS) is 12.7. The molecule has 0 N–H and O–H groups in total. The lowest BCUT2D eigenvalue weighted by molar-refractivity contribution is -0.106. The Bertz CT molecular complexity index is 166. The molecule has 2 nitrogen and oxygen atoms in total. The number of hydrogen-bond donors (Lipinski definition) is 0. The van der Waals surface area contributed by atoms with Gasteiger partial charge in [0, 0.05) is 19.3 Å². The average molecular weight is 146 g/mol. The largest absolute Gasteiger partial charge is 0.375 e. The molecule has 0 rings (SSSR count). The van der Waals surface area contributed by atoms with Gasteiger partial charge in [0.1, 0.15) is 1.37 Å². The van der Waals surface area contributed by atoms with Crippen LogP contribution in [0.25, 0.3) is 0 Å². The molecule has 0 unspecified atom stereocenters. The van der Waals surface area contributed by atoms with E-state index in [4.69, 9.17) is 1.37 Å². The smallest absolute Gasteiger partial charge is 0.179 e. The van der Waals surface area contributed by atoms with E-state index in [0.29, 0.717) is 13.1 Å². The van der Waals surface area contributed by atoms with Crippen LogP contribution in [0, 0.1) is 0 Å². The molecule has 0 aromatic heterocycles. The Labute approximate surface area is 61.7 Å². The fourth-order valence-corrected chi connectivity index (χ4v) is 0.593. The van der Waals surface area contributed by atoms with Gasteiger partial charge in [-0.2, -0.15) is 0 Å². The average Bonchev–Trinajstić information content (AvgIpc) is 1.99. The monoisotopic (exact) mass is 146 g/mol. The van der Waals surface area contributed by atoms with Gasteiger partial charge < -0.3 is 4.90 Å². The highest BCUT2D eigenvalue weighted by Crippen LogP contribution is 1.95. The van der Waals surface area contributed by atoms with Crippen molar-refractivity contribution in [3.05, 3.63) is 12.0 Å². The topological polar surface area (TPSA) is 20.3 Å². The molecule has 0 saturated carbocycles. The van der Waals surface area contributed by atoms with Crippen molar-refractivity contribution in [2.45, 2.75) is 13.8 Å². The number of allylic oxidation sites excluding steroid dienone is 1. The molecule has 0 amide bonds. The molecule has 58 valence electrons. The summed E-state index contributed by atoms with van der Waals surface area (Å²) in [5, 5.41) is 0. The molecule has 0 spiro atoms. The third kappa shape index (κ3) is 3.22. The summed E-state index contributed by atoms with van der Waals surface area (Å²) in [6.07, 6.45) is -0.202. The molecule has 0 aliphatic rings. The van der Waals surface area contributed by atoms with Gasteiger partial charge in [0.05, 0.1) is 0 Å². The van der Waals surface area contributed by atoms with Crippen molar-refractivity contribution < 1.29 is 10.6 Å². The van der Waals surface area contributed by atoms with Crippen LogP contribution in [0.4, 0.5) is 4.39 Å². The zero-order valence-corrected chi connectivity index (χ0v) is 6.22. The highest BCUT2D eigenvalue weighted by Gasteiger charge is 1.94. The molecule has 0 saturated heterocycles. The summed E-state index contributed by atoms with van der Waals surface area (Å²) in [6.45, 7) is 4.97. The lowest BCUT2D eigenvalue weighted by Crippen LogP contribution is -2.15. The van der Waals surface area contributed by atoms with Gasteiger partial charge in [-0.25, -0.2) is 4.39 Å². The van der Waals surface area contributed by atoms with Crippen LogP contribution in [-0.2, 0) is 4.79 Å². The number of halogens is 1. The zero-order valence-electron chi connectivity index (χ0n) is 7.22. The quantitative estimate of drug-likeness (QED) is 0.440. The summed E-state index contributed by atoms with van der Waals surface area (Å²) >= 11 is 0. The van der Waals surface area contributed by atoms with E-state index in [2.05, 4.69) is 0 Å². The van der Waals surface area contributed by atoms with Crippen LogP contribution in [0.1, 0.15) is 15.2 Å². The number of nitrogens with zero attached hydrogens (tertiary/aromatic N) is 1. The molecule has 0 fully saturated rings. The summed E-state index contributed by atoms with van der Waals surface area (Å²) in [4.78, 5) is 11.7. The van der Waals surface area contributed by atoms with Crippen LogP contribution < -0.4 is 0 Å². The fourth-order valence-electron chi connectivity index (χ4n) is 0.593. The molecule has 0 aromatic carbocycles. The maximum absolute atomic E-state index is 12.4. The Kier molecular flexibility index (Phi) is 3.60. The van der Waals surface area contributed by atoms with Gasteiger partial charge in [-0.1, -0.05) is 0 Å². The van der Waals surface area contributed by atoms with E-state index >= 15 is 0 Å². The minimum absolute atomic E-state index is 0.636. The van der Waals surface area contributed by atoms with Crippen molar-refractivity contribution in [2.75, 3.05) is 13.1 Å². The molecule has 10 heavy (non-hydrogen) atoms. The summed E-state index contributed by atoms with van der Waals surface area (Å²) in [5.74, 6) is -1.01. The van der Waals surface area contributed by atoms with Gasteiger partial charge in [-0.3, -0.25) is 4.79 Å². The van der Waals surface area contributed by atoms with E-state index in [1.807, 2.05) is 13.8 Å². The fraction of sp³-hybridized carbons (Fsp3) is 0.571. The third-order valence-corrected chi connectivity index (χ3v) is 1.21. The third-order valence-electron chi connectivity index (χ3n) is 1.21. The van der Waals surface area contributed by atoms with Crippen LogP contribution in [0.15, 0.2) is 12.0 Å². The molecule has 0 radical (unpaired) electrons. The number of hydrogen-bond acceptors (Lipinski definition) is 2. The lowest BCUT2D eigenvalue weighted by atomic mass is 10.5. The van der Waals surface area contributed by atoms with Crippen molar-refractivity contribution in [1.29, 1.82) is 0 Å². The highest BCUT2D eigenvalue weighted by atomic mass is 19.1. The molecule has 0 aliphatic carbocycles. The lowest BCUT2D eigenvalue weighted by Gasteiger charge is -2.13. The molecule has 0 aromatic rings. The van der Waals surface area contributed by atoms with Crippen LogP contribution in [0.2, 0.25) is 0 Å². The molecule has 0 atom stereocenters. The zero-order chi connectivity index (χ0) is 8.85. The molecule has 3 heteroatoms. The van der Waals surface area contributed by atoms with E-state index in [9.17, 15) is 9.18 Å². The standard InChI is InChI=1S/C7H12FNO/c1-3-9(4-2)5-7(8)6-10/h5-6H,3-4H2,1-2H3/i6D. The predicted molar refractivity (Wildman–Crippen MR) is 38.2 cm³/mol. The maximum atomic E-state index is 12.4. The second kappa shape index (κ2) is 4.97. The van der Waals surface area contributed by atoms with Crippen molar-refractivity contribution in [3.63, 3.8) is 0 Å².